The molecule has 0 bridgehead atoms. The number of hydrogen-bond donors (Lipinski definition) is 0. The third-order valence-corrected chi connectivity index (χ3v) is 10.8. The molecule has 0 unspecified atom stereocenters. The molecule has 1 saturated carbocycles. The normalized spacial score (nSPS) is 22.0. The maximum atomic E-state index is 17.4. The molecule has 9 nitrogen and oxygen atoms in total. The number of halogens is 2. The number of benzene rings is 2. The summed E-state index contributed by atoms with van der Waals surface area (Å²) in [6, 6.07) is 6.39. The number of amides is 1. The number of nitrogens with zero attached hydrogens (tertiary/aromatic N) is 7. The first kappa shape index (κ1) is 32.8. The predicted octanol–water partition coefficient (Wildman–Crippen LogP) is 7.03. The predicted molar refractivity (Wildman–Crippen MR) is 189 cm³/mol. The molecule has 11 heteroatoms. The zero-order valence-corrected chi connectivity index (χ0v) is 29.5. The van der Waals surface area contributed by atoms with E-state index >= 15 is 4.39 Å². The van der Waals surface area contributed by atoms with Gasteiger partial charge in [-0.15, -0.1) is 0 Å². The number of anilines is 1. The Morgan fingerprint density at radius 2 is 1.92 bits per heavy atom. The number of ether oxygens (including phenoxy) is 1. The van der Waals surface area contributed by atoms with Gasteiger partial charge < -0.3 is 14.5 Å². The Morgan fingerprint density at radius 1 is 1.15 bits per heavy atom. The highest BCUT2D eigenvalue weighted by Gasteiger charge is 2.36. The number of rotatable bonds is 8. The number of aromatic nitrogens is 4. The third-order valence-electron chi connectivity index (χ3n) is 10.5. The van der Waals surface area contributed by atoms with Crippen LogP contribution in [0.1, 0.15) is 70.6 Å². The molecule has 4 aromatic rings. The van der Waals surface area contributed by atoms with Crippen molar-refractivity contribution in [2.75, 3.05) is 31.1 Å². The minimum absolute atomic E-state index is 0.110. The van der Waals surface area contributed by atoms with Crippen molar-refractivity contribution in [3.8, 4) is 17.1 Å². The highest BCUT2D eigenvalue weighted by molar-refractivity contribution is 6.35. The quantitative estimate of drug-likeness (QED) is 0.186. The van der Waals surface area contributed by atoms with Gasteiger partial charge in [0, 0.05) is 72.1 Å². The van der Waals surface area contributed by atoms with Crippen LogP contribution in [0, 0.1) is 12.7 Å². The van der Waals surface area contributed by atoms with Gasteiger partial charge in [0.2, 0.25) is 5.91 Å². The Labute approximate surface area is 286 Å². The Morgan fingerprint density at radius 3 is 2.62 bits per heavy atom. The van der Waals surface area contributed by atoms with Crippen molar-refractivity contribution < 1.29 is 13.9 Å². The number of fused-ring (bicyclic) bond motifs is 2. The number of piperazine rings is 1. The van der Waals surface area contributed by atoms with E-state index in [4.69, 9.17) is 31.4 Å². The second-order valence-electron chi connectivity index (χ2n) is 14.2. The fraction of sp³-hybridized carbons (Fsp3) is 0.514. The van der Waals surface area contributed by atoms with E-state index in [-0.39, 0.29) is 35.6 Å². The lowest BCUT2D eigenvalue weighted by molar-refractivity contribution is -0.128. The van der Waals surface area contributed by atoms with Crippen molar-refractivity contribution >= 4 is 45.1 Å². The van der Waals surface area contributed by atoms with Gasteiger partial charge >= 0.3 is 6.01 Å². The fourth-order valence-corrected chi connectivity index (χ4v) is 8.15. The Balaban J connectivity index is 1.39. The van der Waals surface area contributed by atoms with E-state index in [2.05, 4.69) is 36.3 Å². The third kappa shape index (κ3) is 5.60. The first-order valence-corrected chi connectivity index (χ1v) is 17.6. The topological polar surface area (TPSA) is 79.6 Å². The van der Waals surface area contributed by atoms with Crippen LogP contribution in [-0.4, -0.2) is 85.9 Å². The molecule has 7 rings (SSSR count). The van der Waals surface area contributed by atoms with Crippen LogP contribution in [0.2, 0.25) is 5.02 Å². The van der Waals surface area contributed by atoms with Crippen LogP contribution in [0.25, 0.3) is 32.9 Å². The molecule has 3 atom stereocenters. The van der Waals surface area contributed by atoms with Gasteiger partial charge in [0.05, 0.1) is 16.2 Å². The Bertz CT molecular complexity index is 1920. The van der Waals surface area contributed by atoms with Crippen molar-refractivity contribution in [3.05, 3.63) is 53.0 Å². The van der Waals surface area contributed by atoms with Crippen LogP contribution in [0.3, 0.4) is 0 Å². The standard InChI is InChI=1S/C37H45ClFN7O2/c1-8-29(47)45-17-23(6)46(18-22(45)5)36-26-16-27(38)31(30-21(4)11-14-28-32(30)34(24-12-13-24)42-43(28)7)33(39)35(26)40-37(41-36)48-19-25-10-9-15-44(25)20(2)3/h8,11,14,16,20,22-25H,1,9-10,12-13,15,17-19H2,2-7H3/t22-,23+,25+/m1/s1. The number of hydrogen-bond acceptors (Lipinski definition) is 7. The minimum Gasteiger partial charge on any atom is -0.462 e. The van der Waals surface area contributed by atoms with Crippen molar-refractivity contribution in [1.29, 1.82) is 0 Å². The number of likely N-dealkylation sites (tertiary alicyclic amines) is 1. The van der Waals surface area contributed by atoms with Crippen LogP contribution in [0.15, 0.2) is 30.9 Å². The van der Waals surface area contributed by atoms with E-state index < -0.39 is 5.82 Å². The SMILES string of the molecule is C=CC(=O)N1C[C@H](C)N(c2nc(OC[C@@H]3CCCN3C(C)C)nc3c(F)c(-c4c(C)ccc5c4c(C4CC4)nn5C)c(Cl)cc23)C[C@H]1C. The highest BCUT2D eigenvalue weighted by atomic mass is 35.5. The summed E-state index contributed by atoms with van der Waals surface area (Å²) in [6.45, 7) is 16.5. The Kier molecular flexibility index (Phi) is 8.60. The van der Waals surface area contributed by atoms with Crippen LogP contribution in [0.5, 0.6) is 6.01 Å². The van der Waals surface area contributed by atoms with Crippen LogP contribution in [0.4, 0.5) is 10.2 Å². The van der Waals surface area contributed by atoms with E-state index in [1.54, 1.807) is 6.07 Å². The molecular formula is C37H45ClFN7O2. The lowest BCUT2D eigenvalue weighted by Gasteiger charge is -2.44. The van der Waals surface area contributed by atoms with E-state index in [0.29, 0.717) is 53.4 Å². The van der Waals surface area contributed by atoms with Gasteiger partial charge in [-0.1, -0.05) is 24.2 Å². The molecule has 254 valence electrons. The molecule has 3 fully saturated rings. The molecule has 2 aromatic heterocycles. The zero-order chi connectivity index (χ0) is 34.0. The van der Waals surface area contributed by atoms with E-state index in [1.165, 1.54) is 6.08 Å². The summed E-state index contributed by atoms with van der Waals surface area (Å²) >= 11 is 7.12. The molecule has 0 radical (unpaired) electrons. The van der Waals surface area contributed by atoms with Gasteiger partial charge in [0.1, 0.15) is 17.9 Å². The van der Waals surface area contributed by atoms with Gasteiger partial charge in [-0.05, 0) is 90.6 Å². The van der Waals surface area contributed by atoms with Crippen molar-refractivity contribution in [2.24, 2.45) is 7.05 Å². The summed E-state index contributed by atoms with van der Waals surface area (Å²) in [5.41, 5.74) is 4.11. The van der Waals surface area contributed by atoms with Gasteiger partial charge in [-0.3, -0.25) is 14.4 Å². The van der Waals surface area contributed by atoms with Crippen molar-refractivity contribution in [1.82, 2.24) is 29.5 Å². The van der Waals surface area contributed by atoms with Gasteiger partial charge in [0.15, 0.2) is 5.82 Å². The second-order valence-corrected chi connectivity index (χ2v) is 14.6. The zero-order valence-electron chi connectivity index (χ0n) is 28.8. The monoisotopic (exact) mass is 673 g/mol. The van der Waals surface area contributed by atoms with Crippen LogP contribution < -0.4 is 9.64 Å². The molecule has 3 aliphatic rings. The fourth-order valence-electron chi connectivity index (χ4n) is 7.86. The van der Waals surface area contributed by atoms with Crippen molar-refractivity contribution in [2.45, 2.75) is 90.4 Å². The van der Waals surface area contributed by atoms with Gasteiger partial charge in [-0.25, -0.2) is 4.39 Å². The van der Waals surface area contributed by atoms with Crippen LogP contribution >= 0.6 is 11.6 Å². The summed E-state index contributed by atoms with van der Waals surface area (Å²) in [4.78, 5) is 28.7. The maximum absolute atomic E-state index is 17.4. The molecular weight excluding hydrogens is 629 g/mol. The average Bonchev–Trinajstić information content (AvgIpc) is 3.69. The smallest absolute Gasteiger partial charge is 0.319 e. The number of carbonyl (C=O) groups excluding carboxylic acids is 1. The highest BCUT2D eigenvalue weighted by Crippen LogP contribution is 2.48. The number of carbonyl (C=O) groups is 1. The van der Waals surface area contributed by atoms with Crippen LogP contribution in [-0.2, 0) is 11.8 Å². The largest absolute Gasteiger partial charge is 0.462 e. The summed E-state index contributed by atoms with van der Waals surface area (Å²) in [5, 5.41) is 6.63. The summed E-state index contributed by atoms with van der Waals surface area (Å²) in [7, 11) is 1.93. The van der Waals surface area contributed by atoms with Gasteiger partial charge in [0.25, 0.3) is 0 Å². The first-order valence-electron chi connectivity index (χ1n) is 17.2. The molecule has 0 spiro atoms. The minimum atomic E-state index is -0.502. The lowest BCUT2D eigenvalue weighted by atomic mass is 9.93. The molecule has 0 N–H and O–H groups in total. The second kappa shape index (κ2) is 12.6. The lowest BCUT2D eigenvalue weighted by Crippen LogP contribution is -2.58. The van der Waals surface area contributed by atoms with Crippen molar-refractivity contribution in [3.63, 3.8) is 0 Å². The summed E-state index contributed by atoms with van der Waals surface area (Å²) in [5.74, 6) is 0.301. The number of aryl methyl sites for hydroxylation is 2. The first-order chi connectivity index (χ1) is 23.0. The summed E-state index contributed by atoms with van der Waals surface area (Å²) < 4.78 is 25.6. The molecule has 4 heterocycles. The van der Waals surface area contributed by atoms with Gasteiger partial charge in [-0.2, -0.15) is 15.1 Å². The van der Waals surface area contributed by atoms with E-state index in [1.807, 2.05) is 43.5 Å². The van der Waals surface area contributed by atoms with E-state index in [0.717, 1.165) is 60.0 Å². The molecule has 48 heavy (non-hydrogen) atoms. The molecule has 1 amide bonds. The van der Waals surface area contributed by atoms with E-state index in [9.17, 15) is 4.79 Å². The maximum Gasteiger partial charge on any atom is 0.319 e. The molecule has 1 aliphatic carbocycles. The summed E-state index contributed by atoms with van der Waals surface area (Å²) in [6.07, 6.45) is 5.63. The average molecular weight is 674 g/mol. The molecule has 2 aliphatic heterocycles. The molecule has 2 aromatic carbocycles. The Hall–Kier alpha value is -3.76. The molecule has 2 saturated heterocycles.